The average molecular weight is 290 g/mol. The topological polar surface area (TPSA) is 69.9 Å². The van der Waals surface area contributed by atoms with Crippen LogP contribution in [-0.4, -0.2) is 32.8 Å². The van der Waals surface area contributed by atoms with Crippen LogP contribution in [-0.2, 0) is 4.74 Å². The van der Waals surface area contributed by atoms with Gasteiger partial charge in [0.25, 0.3) is 0 Å². The molecule has 21 heavy (non-hydrogen) atoms. The Kier molecular flexibility index (Phi) is 3.05. The predicted molar refractivity (Wildman–Crippen MR) is 67.9 cm³/mol. The Morgan fingerprint density at radius 1 is 1.24 bits per heavy atom. The largest absolute Gasteiger partial charge is 0.463 e. The van der Waals surface area contributed by atoms with Gasteiger partial charge in [-0.3, -0.25) is 0 Å². The lowest BCUT2D eigenvalue weighted by Gasteiger charge is -2.06. The summed E-state index contributed by atoms with van der Waals surface area (Å²) in [7, 11) is 1.18. The van der Waals surface area contributed by atoms with Crippen molar-refractivity contribution in [2.45, 2.75) is 0 Å². The van der Waals surface area contributed by atoms with Gasteiger partial charge in [0.2, 0.25) is 5.82 Å². The molecule has 6 nitrogen and oxygen atoms in total. The Morgan fingerprint density at radius 3 is 2.62 bits per heavy atom. The molecule has 0 N–H and O–H groups in total. The van der Waals surface area contributed by atoms with Crippen molar-refractivity contribution in [1.82, 2.24) is 19.7 Å². The van der Waals surface area contributed by atoms with Crippen molar-refractivity contribution >= 4 is 17.0 Å². The molecule has 0 atom stereocenters. The molecule has 0 saturated carbocycles. The monoisotopic (exact) mass is 290 g/mol. The lowest BCUT2D eigenvalue weighted by Crippen LogP contribution is -2.09. The molecule has 0 fully saturated rings. The lowest BCUT2D eigenvalue weighted by molar-refractivity contribution is 0.0587. The fourth-order valence-electron chi connectivity index (χ4n) is 1.86. The molecule has 0 aliphatic rings. The molecule has 0 unspecified atom stereocenters. The van der Waals surface area contributed by atoms with Crippen molar-refractivity contribution in [2.75, 3.05) is 7.11 Å². The first-order chi connectivity index (χ1) is 10.1. The second kappa shape index (κ2) is 4.89. The van der Waals surface area contributed by atoms with Gasteiger partial charge in [0.05, 0.1) is 18.7 Å². The first-order valence-corrected chi connectivity index (χ1v) is 5.85. The second-order valence-electron chi connectivity index (χ2n) is 4.09. The van der Waals surface area contributed by atoms with Crippen molar-refractivity contribution in [2.24, 2.45) is 0 Å². The number of para-hydroxylation sites is 1. The third-order valence-electron chi connectivity index (χ3n) is 2.83. The lowest BCUT2D eigenvalue weighted by atomic mass is 10.3. The van der Waals surface area contributed by atoms with Crippen LogP contribution in [0.2, 0.25) is 0 Å². The maximum atomic E-state index is 13.8. The normalized spacial score (nSPS) is 10.8. The van der Waals surface area contributed by atoms with E-state index >= 15 is 0 Å². The molecule has 1 aromatic carbocycles. The van der Waals surface area contributed by atoms with Crippen LogP contribution in [0.15, 0.2) is 30.6 Å². The molecule has 0 aliphatic heterocycles. The molecule has 0 bridgehead atoms. The van der Waals surface area contributed by atoms with Crippen molar-refractivity contribution in [3.05, 3.63) is 48.1 Å². The van der Waals surface area contributed by atoms with E-state index in [9.17, 15) is 13.6 Å². The standard InChI is InChI=1S/C13H8F2N4O2/c1-21-13(20)11-16-5-7-6-17-19(12(7)18-11)10-8(14)3-2-4-9(10)15/h2-6H,1H3. The molecule has 0 radical (unpaired) electrons. The SMILES string of the molecule is COC(=O)c1ncc2cnn(-c3c(F)cccc3F)c2n1. The van der Waals surface area contributed by atoms with Gasteiger partial charge in [-0.2, -0.15) is 5.10 Å². The second-order valence-corrected chi connectivity index (χ2v) is 4.09. The van der Waals surface area contributed by atoms with E-state index in [-0.39, 0.29) is 17.2 Å². The summed E-state index contributed by atoms with van der Waals surface area (Å²) >= 11 is 0. The average Bonchev–Trinajstić information content (AvgIpc) is 2.89. The van der Waals surface area contributed by atoms with Gasteiger partial charge in [-0.05, 0) is 12.1 Å². The van der Waals surface area contributed by atoms with Gasteiger partial charge in [0.15, 0.2) is 17.3 Å². The minimum absolute atomic E-state index is 0.106. The van der Waals surface area contributed by atoms with Crippen LogP contribution < -0.4 is 0 Å². The number of ether oxygens (including phenoxy) is 1. The number of rotatable bonds is 2. The number of carbonyl (C=O) groups is 1. The first kappa shape index (κ1) is 13.1. The van der Waals surface area contributed by atoms with Crippen LogP contribution in [0.4, 0.5) is 8.78 Å². The maximum Gasteiger partial charge on any atom is 0.376 e. The van der Waals surface area contributed by atoms with E-state index < -0.39 is 17.6 Å². The zero-order chi connectivity index (χ0) is 15.0. The number of esters is 1. The fraction of sp³-hybridized carbons (Fsp3) is 0.0769. The molecule has 106 valence electrons. The Bertz CT molecular complexity index is 827. The summed E-state index contributed by atoms with van der Waals surface area (Å²) in [5.41, 5.74) is -0.267. The minimum atomic E-state index is -0.793. The smallest absolute Gasteiger partial charge is 0.376 e. The Balaban J connectivity index is 2.26. The zero-order valence-corrected chi connectivity index (χ0v) is 10.7. The third-order valence-corrected chi connectivity index (χ3v) is 2.83. The summed E-state index contributed by atoms with van der Waals surface area (Å²) in [6.45, 7) is 0. The summed E-state index contributed by atoms with van der Waals surface area (Å²) < 4.78 is 33.2. The number of fused-ring (bicyclic) bond motifs is 1. The van der Waals surface area contributed by atoms with E-state index in [1.165, 1.54) is 25.6 Å². The quantitative estimate of drug-likeness (QED) is 0.674. The summed E-state index contributed by atoms with van der Waals surface area (Å²) in [5, 5.41) is 4.33. The highest BCUT2D eigenvalue weighted by Gasteiger charge is 2.18. The highest BCUT2D eigenvalue weighted by Crippen LogP contribution is 2.21. The fourth-order valence-corrected chi connectivity index (χ4v) is 1.86. The molecule has 3 aromatic rings. The van der Waals surface area contributed by atoms with Crippen molar-refractivity contribution < 1.29 is 18.3 Å². The summed E-state index contributed by atoms with van der Waals surface area (Å²) in [4.78, 5) is 19.2. The molecular weight excluding hydrogens is 282 g/mol. The number of halogens is 2. The Morgan fingerprint density at radius 2 is 1.95 bits per heavy atom. The van der Waals surface area contributed by atoms with E-state index in [1.54, 1.807) is 0 Å². The van der Waals surface area contributed by atoms with Gasteiger partial charge >= 0.3 is 5.97 Å². The molecular formula is C13H8F2N4O2. The van der Waals surface area contributed by atoms with Gasteiger partial charge in [-0.15, -0.1) is 0 Å². The third kappa shape index (κ3) is 2.10. The van der Waals surface area contributed by atoms with Crippen LogP contribution in [0, 0.1) is 11.6 Å². The molecule has 8 heteroatoms. The number of hydrogen-bond acceptors (Lipinski definition) is 5. The summed E-state index contributed by atoms with van der Waals surface area (Å²) in [6, 6.07) is 3.46. The van der Waals surface area contributed by atoms with Crippen molar-refractivity contribution in [3.8, 4) is 5.69 Å². The number of carbonyl (C=O) groups excluding carboxylic acids is 1. The molecule has 0 aliphatic carbocycles. The van der Waals surface area contributed by atoms with Crippen LogP contribution in [0.25, 0.3) is 16.7 Å². The van der Waals surface area contributed by atoms with Gasteiger partial charge in [0, 0.05) is 6.20 Å². The number of hydrogen-bond donors (Lipinski definition) is 0. The van der Waals surface area contributed by atoms with E-state index in [0.29, 0.717) is 5.39 Å². The van der Waals surface area contributed by atoms with Gasteiger partial charge < -0.3 is 4.74 Å². The maximum absolute atomic E-state index is 13.8. The van der Waals surface area contributed by atoms with Crippen LogP contribution in [0.1, 0.15) is 10.6 Å². The van der Waals surface area contributed by atoms with Gasteiger partial charge in [-0.25, -0.2) is 28.2 Å². The molecule has 0 amide bonds. The van der Waals surface area contributed by atoms with Crippen molar-refractivity contribution in [1.29, 1.82) is 0 Å². The molecule has 2 heterocycles. The van der Waals surface area contributed by atoms with E-state index in [4.69, 9.17) is 0 Å². The van der Waals surface area contributed by atoms with Gasteiger partial charge in [-0.1, -0.05) is 6.07 Å². The van der Waals surface area contributed by atoms with Crippen molar-refractivity contribution in [3.63, 3.8) is 0 Å². The highest BCUT2D eigenvalue weighted by atomic mass is 19.1. The Labute approximate surface area is 117 Å². The highest BCUT2D eigenvalue weighted by molar-refractivity contribution is 5.87. The number of nitrogens with zero attached hydrogens (tertiary/aromatic N) is 4. The number of benzene rings is 1. The Hall–Kier alpha value is -2.90. The number of methoxy groups -OCH3 is 1. The molecule has 3 rings (SSSR count). The van der Waals surface area contributed by atoms with E-state index in [2.05, 4.69) is 19.8 Å². The van der Waals surface area contributed by atoms with Crippen LogP contribution in [0.3, 0.4) is 0 Å². The molecule has 2 aromatic heterocycles. The van der Waals surface area contributed by atoms with E-state index in [0.717, 1.165) is 16.8 Å². The summed E-state index contributed by atoms with van der Waals surface area (Å²) in [6.07, 6.45) is 2.68. The predicted octanol–water partition coefficient (Wildman–Crippen LogP) is 1.88. The molecule has 0 spiro atoms. The van der Waals surface area contributed by atoms with Crippen LogP contribution >= 0.6 is 0 Å². The molecule has 0 saturated heterocycles. The van der Waals surface area contributed by atoms with E-state index in [1.807, 2.05) is 0 Å². The van der Waals surface area contributed by atoms with Crippen LogP contribution in [0.5, 0.6) is 0 Å². The summed E-state index contributed by atoms with van der Waals surface area (Å²) in [5.74, 6) is -2.56. The number of aromatic nitrogens is 4. The zero-order valence-electron chi connectivity index (χ0n) is 10.7. The van der Waals surface area contributed by atoms with Gasteiger partial charge in [0.1, 0.15) is 5.69 Å². The first-order valence-electron chi connectivity index (χ1n) is 5.85. The minimum Gasteiger partial charge on any atom is -0.463 e.